The fraction of sp³-hybridized carbons (Fsp3) is 0.412. The summed E-state index contributed by atoms with van der Waals surface area (Å²) >= 11 is 1.31. The molecule has 1 amide bonds. The smallest absolute Gasteiger partial charge is 0.234 e. The molecular weight excluding hydrogens is 308 g/mol. The van der Waals surface area contributed by atoms with Gasteiger partial charge in [-0.15, -0.1) is 5.10 Å². The summed E-state index contributed by atoms with van der Waals surface area (Å²) in [5, 5.41) is 11.8. The van der Waals surface area contributed by atoms with Crippen molar-refractivity contribution in [3.63, 3.8) is 0 Å². The van der Waals surface area contributed by atoms with E-state index in [1.54, 1.807) is 0 Å². The molecule has 1 heterocycles. The molecule has 23 heavy (non-hydrogen) atoms. The van der Waals surface area contributed by atoms with Gasteiger partial charge >= 0.3 is 0 Å². The van der Waals surface area contributed by atoms with Crippen LogP contribution >= 0.6 is 11.8 Å². The maximum absolute atomic E-state index is 12.1. The van der Waals surface area contributed by atoms with Crippen molar-refractivity contribution in [1.29, 1.82) is 0 Å². The van der Waals surface area contributed by atoms with Crippen LogP contribution in [0, 0.1) is 13.8 Å². The zero-order valence-corrected chi connectivity index (χ0v) is 14.8. The van der Waals surface area contributed by atoms with Gasteiger partial charge in [-0.1, -0.05) is 43.3 Å². The molecule has 0 aliphatic heterocycles. The first-order valence-electron chi connectivity index (χ1n) is 7.75. The molecule has 0 saturated heterocycles. The number of nitrogens with zero attached hydrogens (tertiary/aromatic N) is 3. The van der Waals surface area contributed by atoms with Gasteiger partial charge in [-0.25, -0.2) is 4.98 Å². The number of rotatable bonds is 6. The van der Waals surface area contributed by atoms with Crippen molar-refractivity contribution in [1.82, 2.24) is 15.2 Å². The van der Waals surface area contributed by atoms with E-state index in [0.717, 1.165) is 35.5 Å². The fourth-order valence-corrected chi connectivity index (χ4v) is 2.86. The number of aromatic nitrogens is 3. The third-order valence-corrected chi connectivity index (χ3v) is 4.32. The molecule has 1 aromatic carbocycles. The predicted molar refractivity (Wildman–Crippen MR) is 93.9 cm³/mol. The van der Waals surface area contributed by atoms with Crippen LogP contribution in [0.1, 0.15) is 36.4 Å². The largest absolute Gasteiger partial charge is 0.325 e. The maximum Gasteiger partial charge on any atom is 0.234 e. The van der Waals surface area contributed by atoms with Crippen LogP contribution in [0.5, 0.6) is 0 Å². The van der Waals surface area contributed by atoms with Crippen molar-refractivity contribution in [3.8, 4) is 0 Å². The minimum absolute atomic E-state index is 0.0665. The molecule has 0 saturated carbocycles. The SMILES string of the molecule is CCc1nnc(SCC(=O)Nc2ccc(C)cc2C)nc1CC. The Balaban J connectivity index is 1.96. The first-order chi connectivity index (χ1) is 11.0. The summed E-state index contributed by atoms with van der Waals surface area (Å²) < 4.78 is 0. The summed E-state index contributed by atoms with van der Waals surface area (Å²) in [6.07, 6.45) is 1.64. The molecular formula is C17H22N4OS. The Kier molecular flexibility index (Phi) is 6.10. The highest BCUT2D eigenvalue weighted by molar-refractivity contribution is 7.99. The van der Waals surface area contributed by atoms with Gasteiger partial charge in [0.2, 0.25) is 11.1 Å². The van der Waals surface area contributed by atoms with E-state index in [1.165, 1.54) is 17.3 Å². The lowest BCUT2D eigenvalue weighted by atomic mass is 10.1. The standard InChI is InChI=1S/C17H22N4OS/c1-5-13-14(6-2)20-21-17(19-13)23-10-16(22)18-15-8-7-11(3)9-12(15)4/h7-9H,5-6,10H2,1-4H3,(H,18,22). The minimum Gasteiger partial charge on any atom is -0.325 e. The van der Waals surface area contributed by atoms with E-state index in [0.29, 0.717) is 5.16 Å². The van der Waals surface area contributed by atoms with Gasteiger partial charge in [0.05, 0.1) is 17.1 Å². The van der Waals surface area contributed by atoms with Crippen LogP contribution in [0.25, 0.3) is 0 Å². The summed E-state index contributed by atoms with van der Waals surface area (Å²) in [5.74, 6) is 0.201. The number of benzene rings is 1. The lowest BCUT2D eigenvalue weighted by Gasteiger charge is -2.09. The average Bonchev–Trinajstić information content (AvgIpc) is 2.55. The molecule has 1 N–H and O–H groups in total. The van der Waals surface area contributed by atoms with E-state index in [2.05, 4.69) is 20.5 Å². The highest BCUT2D eigenvalue weighted by atomic mass is 32.2. The van der Waals surface area contributed by atoms with Gasteiger partial charge in [0.15, 0.2) is 0 Å². The molecule has 1 aromatic heterocycles. The van der Waals surface area contributed by atoms with Crippen molar-refractivity contribution < 1.29 is 4.79 Å². The molecule has 0 radical (unpaired) electrons. The van der Waals surface area contributed by atoms with E-state index in [-0.39, 0.29) is 11.7 Å². The number of hydrogen-bond acceptors (Lipinski definition) is 5. The zero-order valence-electron chi connectivity index (χ0n) is 14.0. The normalized spacial score (nSPS) is 10.6. The monoisotopic (exact) mass is 330 g/mol. The fourth-order valence-electron chi connectivity index (χ4n) is 2.25. The molecule has 0 aliphatic carbocycles. The lowest BCUT2D eigenvalue weighted by Crippen LogP contribution is -2.15. The van der Waals surface area contributed by atoms with Crippen LogP contribution in [0.3, 0.4) is 0 Å². The maximum atomic E-state index is 12.1. The van der Waals surface area contributed by atoms with Gasteiger partial charge < -0.3 is 5.32 Å². The van der Waals surface area contributed by atoms with Crippen LogP contribution < -0.4 is 5.32 Å². The summed E-state index contributed by atoms with van der Waals surface area (Å²) in [7, 11) is 0. The van der Waals surface area contributed by atoms with Gasteiger partial charge in [0.1, 0.15) is 0 Å². The molecule has 0 fully saturated rings. The number of carbonyl (C=O) groups excluding carboxylic acids is 1. The van der Waals surface area contributed by atoms with Crippen LogP contribution in [0.15, 0.2) is 23.4 Å². The quantitative estimate of drug-likeness (QED) is 0.823. The van der Waals surface area contributed by atoms with Gasteiger partial charge in [-0.05, 0) is 38.3 Å². The molecule has 6 heteroatoms. The highest BCUT2D eigenvalue weighted by Gasteiger charge is 2.10. The second kappa shape index (κ2) is 8.06. The molecule has 5 nitrogen and oxygen atoms in total. The molecule has 2 aromatic rings. The number of nitrogens with one attached hydrogen (secondary N) is 1. The van der Waals surface area contributed by atoms with Crippen LogP contribution in [-0.4, -0.2) is 26.8 Å². The first-order valence-corrected chi connectivity index (χ1v) is 8.74. The van der Waals surface area contributed by atoms with Crippen molar-refractivity contribution >= 4 is 23.4 Å². The Bertz CT molecular complexity index is 703. The van der Waals surface area contributed by atoms with Gasteiger partial charge in [0.25, 0.3) is 0 Å². The summed E-state index contributed by atoms with van der Waals surface area (Å²) in [4.78, 5) is 16.6. The first kappa shape index (κ1) is 17.4. The van der Waals surface area contributed by atoms with E-state index in [4.69, 9.17) is 0 Å². The molecule has 0 atom stereocenters. The minimum atomic E-state index is -0.0665. The third kappa shape index (κ3) is 4.76. The Hall–Kier alpha value is -1.95. The van der Waals surface area contributed by atoms with Gasteiger partial charge in [-0.2, -0.15) is 5.10 Å². The van der Waals surface area contributed by atoms with Gasteiger partial charge in [-0.3, -0.25) is 4.79 Å². The highest BCUT2D eigenvalue weighted by Crippen LogP contribution is 2.18. The Morgan fingerprint density at radius 3 is 2.52 bits per heavy atom. The van der Waals surface area contributed by atoms with Crippen LogP contribution in [0.4, 0.5) is 5.69 Å². The van der Waals surface area contributed by atoms with Gasteiger partial charge in [0, 0.05) is 5.69 Å². The van der Waals surface area contributed by atoms with E-state index < -0.39 is 0 Å². The van der Waals surface area contributed by atoms with Crippen LogP contribution in [-0.2, 0) is 17.6 Å². The summed E-state index contributed by atoms with van der Waals surface area (Å²) in [5.41, 5.74) is 4.96. The number of thioether (sulfide) groups is 1. The molecule has 2 rings (SSSR count). The second-order valence-corrected chi connectivity index (χ2v) is 6.29. The number of carbonyl (C=O) groups is 1. The van der Waals surface area contributed by atoms with Crippen molar-refractivity contribution in [2.24, 2.45) is 0 Å². The number of amides is 1. The molecule has 0 aliphatic rings. The second-order valence-electron chi connectivity index (χ2n) is 5.35. The lowest BCUT2D eigenvalue weighted by molar-refractivity contribution is -0.113. The van der Waals surface area contributed by atoms with Crippen molar-refractivity contribution in [2.75, 3.05) is 11.1 Å². The number of anilines is 1. The molecule has 0 bridgehead atoms. The molecule has 122 valence electrons. The van der Waals surface area contributed by atoms with E-state index in [1.807, 2.05) is 45.9 Å². The zero-order chi connectivity index (χ0) is 16.8. The Labute approximate surface area is 141 Å². The van der Waals surface area contributed by atoms with Crippen LogP contribution in [0.2, 0.25) is 0 Å². The topological polar surface area (TPSA) is 67.8 Å². The Morgan fingerprint density at radius 1 is 1.13 bits per heavy atom. The third-order valence-electron chi connectivity index (χ3n) is 3.48. The van der Waals surface area contributed by atoms with E-state index >= 15 is 0 Å². The number of aryl methyl sites for hydroxylation is 4. The summed E-state index contributed by atoms with van der Waals surface area (Å²) in [6, 6.07) is 5.96. The Morgan fingerprint density at radius 2 is 1.87 bits per heavy atom. The molecule has 0 spiro atoms. The summed E-state index contributed by atoms with van der Waals surface area (Å²) in [6.45, 7) is 8.10. The predicted octanol–water partition coefficient (Wildman–Crippen LogP) is 3.34. The van der Waals surface area contributed by atoms with Crippen molar-refractivity contribution in [3.05, 3.63) is 40.7 Å². The number of hydrogen-bond donors (Lipinski definition) is 1. The van der Waals surface area contributed by atoms with Crippen molar-refractivity contribution in [2.45, 2.75) is 45.7 Å². The average molecular weight is 330 g/mol. The molecule has 0 unspecified atom stereocenters. The van der Waals surface area contributed by atoms with E-state index in [9.17, 15) is 4.79 Å².